The summed E-state index contributed by atoms with van der Waals surface area (Å²) in [5, 5.41) is 4.18. The first-order valence-corrected chi connectivity index (χ1v) is 8.23. The highest BCUT2D eigenvalue weighted by Gasteiger charge is 2.34. The highest BCUT2D eigenvalue weighted by Crippen LogP contribution is 2.27. The van der Waals surface area contributed by atoms with E-state index in [-0.39, 0.29) is 5.82 Å². The molecule has 1 aliphatic heterocycles. The fourth-order valence-electron chi connectivity index (χ4n) is 2.90. The lowest BCUT2D eigenvalue weighted by molar-refractivity contribution is 0.291. The van der Waals surface area contributed by atoms with Crippen LogP contribution in [0.4, 0.5) is 4.39 Å². The average molecular weight is 338 g/mol. The zero-order chi connectivity index (χ0) is 17.2. The van der Waals surface area contributed by atoms with Crippen molar-refractivity contribution in [3.05, 3.63) is 66.5 Å². The van der Waals surface area contributed by atoms with E-state index in [4.69, 9.17) is 4.74 Å². The van der Waals surface area contributed by atoms with Gasteiger partial charge in [-0.3, -0.25) is 14.6 Å². The van der Waals surface area contributed by atoms with E-state index >= 15 is 0 Å². The number of aryl methyl sites for hydroxylation is 1. The molecule has 1 saturated heterocycles. The molecule has 5 nitrogen and oxygen atoms in total. The molecule has 1 aliphatic rings. The number of aromatic nitrogens is 3. The van der Waals surface area contributed by atoms with E-state index in [1.54, 1.807) is 17.1 Å². The van der Waals surface area contributed by atoms with E-state index in [1.165, 1.54) is 17.7 Å². The molecule has 0 bridgehead atoms. The van der Waals surface area contributed by atoms with Gasteiger partial charge in [0.05, 0.1) is 12.2 Å². The van der Waals surface area contributed by atoms with Gasteiger partial charge < -0.3 is 4.74 Å². The third-order valence-corrected chi connectivity index (χ3v) is 4.28. The van der Waals surface area contributed by atoms with Gasteiger partial charge >= 0.3 is 0 Å². The molecule has 0 saturated carbocycles. The van der Waals surface area contributed by atoms with E-state index in [0.29, 0.717) is 18.4 Å². The zero-order valence-electron chi connectivity index (χ0n) is 14.0. The highest BCUT2D eigenvalue weighted by molar-refractivity contribution is 5.64. The Kier molecular flexibility index (Phi) is 4.19. The standard InChI is InChI=1S/C19H19FN4O/c1-23-10-14(8-22-23)11-24-12-18(24)13-25-19-6-16(5-17(20)7-19)15-3-2-4-21-9-15/h2-10,18H,11-13H2,1H3. The summed E-state index contributed by atoms with van der Waals surface area (Å²) in [5.74, 6) is 0.242. The molecule has 2 unspecified atom stereocenters. The molecule has 6 heteroatoms. The Labute approximate surface area is 145 Å². The summed E-state index contributed by atoms with van der Waals surface area (Å²) in [6.45, 7) is 2.40. The van der Waals surface area contributed by atoms with Gasteiger partial charge in [-0.25, -0.2) is 4.39 Å². The van der Waals surface area contributed by atoms with E-state index in [1.807, 2.05) is 37.6 Å². The van der Waals surface area contributed by atoms with Crippen LogP contribution < -0.4 is 4.74 Å². The summed E-state index contributed by atoms with van der Waals surface area (Å²) in [4.78, 5) is 6.38. The smallest absolute Gasteiger partial charge is 0.127 e. The number of hydrogen-bond donors (Lipinski definition) is 0. The molecule has 0 amide bonds. The third kappa shape index (κ3) is 3.85. The summed E-state index contributed by atoms with van der Waals surface area (Å²) in [5.41, 5.74) is 2.83. The van der Waals surface area contributed by atoms with Crippen molar-refractivity contribution < 1.29 is 9.13 Å². The zero-order valence-corrected chi connectivity index (χ0v) is 14.0. The minimum Gasteiger partial charge on any atom is -0.492 e. The first-order chi connectivity index (χ1) is 12.2. The predicted octanol–water partition coefficient (Wildman–Crippen LogP) is 2.88. The first-order valence-electron chi connectivity index (χ1n) is 8.23. The Morgan fingerprint density at radius 3 is 2.92 bits per heavy atom. The molecule has 3 aromatic rings. The molecule has 4 rings (SSSR count). The van der Waals surface area contributed by atoms with Crippen LogP contribution in [0.25, 0.3) is 11.1 Å². The van der Waals surface area contributed by atoms with E-state index in [0.717, 1.165) is 24.2 Å². The van der Waals surface area contributed by atoms with Crippen molar-refractivity contribution in [3.63, 3.8) is 0 Å². The average Bonchev–Trinajstić information content (AvgIpc) is 3.23. The maximum Gasteiger partial charge on any atom is 0.127 e. The number of hydrogen-bond acceptors (Lipinski definition) is 4. The molecule has 0 aliphatic carbocycles. The maximum atomic E-state index is 13.9. The summed E-state index contributed by atoms with van der Waals surface area (Å²) < 4.78 is 21.5. The number of nitrogens with zero attached hydrogens (tertiary/aromatic N) is 4. The van der Waals surface area contributed by atoms with E-state index < -0.39 is 0 Å². The minimum absolute atomic E-state index is 0.306. The lowest BCUT2D eigenvalue weighted by Crippen LogP contribution is -2.11. The van der Waals surface area contributed by atoms with Gasteiger partial charge in [-0.15, -0.1) is 0 Å². The second-order valence-electron chi connectivity index (χ2n) is 6.33. The summed E-state index contributed by atoms with van der Waals surface area (Å²) >= 11 is 0. The fourth-order valence-corrected chi connectivity index (χ4v) is 2.90. The highest BCUT2D eigenvalue weighted by atomic mass is 19.1. The van der Waals surface area contributed by atoms with Crippen molar-refractivity contribution in [3.8, 4) is 16.9 Å². The van der Waals surface area contributed by atoms with Crippen LogP contribution in [0, 0.1) is 5.82 Å². The molecule has 3 heterocycles. The molecule has 1 fully saturated rings. The van der Waals surface area contributed by atoms with Gasteiger partial charge in [-0.2, -0.15) is 5.10 Å². The van der Waals surface area contributed by atoms with Crippen molar-refractivity contribution >= 4 is 0 Å². The molecule has 0 N–H and O–H groups in total. The Hall–Kier alpha value is -2.73. The quantitative estimate of drug-likeness (QED) is 0.648. The van der Waals surface area contributed by atoms with Crippen molar-refractivity contribution in [2.24, 2.45) is 7.05 Å². The van der Waals surface area contributed by atoms with Crippen LogP contribution in [0.3, 0.4) is 0 Å². The van der Waals surface area contributed by atoms with Gasteiger partial charge in [-0.05, 0) is 23.8 Å². The second-order valence-corrected chi connectivity index (χ2v) is 6.33. The molecule has 25 heavy (non-hydrogen) atoms. The minimum atomic E-state index is -0.306. The van der Waals surface area contributed by atoms with Crippen LogP contribution >= 0.6 is 0 Å². The van der Waals surface area contributed by atoms with Crippen molar-refractivity contribution in [1.82, 2.24) is 19.7 Å². The normalized spacial score (nSPS) is 19.0. The monoisotopic (exact) mass is 338 g/mol. The number of pyridine rings is 1. The van der Waals surface area contributed by atoms with Crippen molar-refractivity contribution in [2.45, 2.75) is 12.6 Å². The SMILES string of the molecule is Cn1cc(CN2CC2COc2cc(F)cc(-c3cccnc3)c2)cn1. The number of benzene rings is 1. The molecule has 2 aromatic heterocycles. The molecule has 1 aromatic carbocycles. The van der Waals surface area contributed by atoms with E-state index in [2.05, 4.69) is 15.0 Å². The van der Waals surface area contributed by atoms with Crippen molar-refractivity contribution in [1.29, 1.82) is 0 Å². The molecular formula is C19H19FN4O. The van der Waals surface area contributed by atoms with Crippen LogP contribution in [-0.4, -0.2) is 38.9 Å². The summed E-state index contributed by atoms with van der Waals surface area (Å²) in [7, 11) is 1.91. The topological polar surface area (TPSA) is 43.0 Å². The van der Waals surface area contributed by atoms with Crippen LogP contribution in [0.5, 0.6) is 5.75 Å². The van der Waals surface area contributed by atoms with Crippen LogP contribution in [-0.2, 0) is 13.6 Å². The predicted molar refractivity (Wildman–Crippen MR) is 92.5 cm³/mol. The van der Waals surface area contributed by atoms with Gasteiger partial charge in [0.1, 0.15) is 18.2 Å². The Morgan fingerprint density at radius 2 is 2.16 bits per heavy atom. The Balaban J connectivity index is 1.36. The second kappa shape index (κ2) is 6.64. The lowest BCUT2D eigenvalue weighted by Gasteiger charge is -2.09. The van der Waals surface area contributed by atoms with Gasteiger partial charge in [-0.1, -0.05) is 6.07 Å². The van der Waals surface area contributed by atoms with E-state index in [9.17, 15) is 4.39 Å². The van der Waals surface area contributed by atoms with Crippen LogP contribution in [0.2, 0.25) is 0 Å². The Morgan fingerprint density at radius 1 is 1.24 bits per heavy atom. The van der Waals surface area contributed by atoms with Gasteiger partial charge in [0, 0.05) is 55.9 Å². The van der Waals surface area contributed by atoms with Gasteiger partial charge in [0.15, 0.2) is 0 Å². The third-order valence-electron chi connectivity index (χ3n) is 4.28. The largest absolute Gasteiger partial charge is 0.492 e. The molecular weight excluding hydrogens is 319 g/mol. The fraction of sp³-hybridized carbons (Fsp3) is 0.263. The number of rotatable bonds is 6. The Bertz CT molecular complexity index is 865. The van der Waals surface area contributed by atoms with Gasteiger partial charge in [0.25, 0.3) is 0 Å². The molecule has 0 spiro atoms. The molecule has 2 atom stereocenters. The number of halogens is 1. The number of ether oxygens (including phenoxy) is 1. The maximum absolute atomic E-state index is 13.9. The van der Waals surface area contributed by atoms with Crippen LogP contribution in [0.15, 0.2) is 55.1 Å². The molecule has 128 valence electrons. The van der Waals surface area contributed by atoms with Gasteiger partial charge in [0.2, 0.25) is 0 Å². The first kappa shape index (κ1) is 15.8. The lowest BCUT2D eigenvalue weighted by atomic mass is 10.1. The molecule has 0 radical (unpaired) electrons. The summed E-state index contributed by atoms with van der Waals surface area (Å²) in [6, 6.07) is 8.88. The van der Waals surface area contributed by atoms with Crippen molar-refractivity contribution in [2.75, 3.05) is 13.2 Å². The van der Waals surface area contributed by atoms with Crippen LogP contribution in [0.1, 0.15) is 5.56 Å². The summed E-state index contributed by atoms with van der Waals surface area (Å²) in [6.07, 6.45) is 7.31.